The zero-order valence-corrected chi connectivity index (χ0v) is 18.8. The maximum absolute atomic E-state index is 13.1. The molecule has 0 amide bonds. The van der Waals surface area contributed by atoms with E-state index in [1.807, 2.05) is 19.1 Å². The van der Waals surface area contributed by atoms with E-state index in [1.54, 1.807) is 23.5 Å². The average molecular weight is 417 g/mol. The second-order valence-corrected chi connectivity index (χ2v) is 11.4. The van der Waals surface area contributed by atoms with Crippen molar-refractivity contribution in [2.45, 2.75) is 75.3 Å². The third-order valence-electron chi connectivity index (χ3n) is 7.45. The molecule has 4 nitrogen and oxygen atoms in total. The topological polar surface area (TPSA) is 40.6 Å². The van der Waals surface area contributed by atoms with Gasteiger partial charge in [0, 0.05) is 25.7 Å². The fourth-order valence-corrected chi connectivity index (χ4v) is 7.08. The standard InChI is InChI=1S/C24H36N2O2S/c1-19-8-6-12-24(16-19)29(27,28)25(2)22-13-14-23(17-22)26-15-7-11-21(18-26)20-9-4-3-5-10-20/h6,8,12-14,16,20-23H,3-5,7,9-11,15,17-18H2,1-2H3/t21-,22+,23?/m0/s1. The SMILES string of the molecule is Cc1cccc(S(=O)(=O)N(C)[C@@H]2C=CC(N3CCC[C@H](C4CCCCC4)C3)C2)c1. The van der Waals surface area contributed by atoms with Crippen molar-refractivity contribution in [3.8, 4) is 0 Å². The van der Waals surface area contributed by atoms with Crippen LogP contribution in [0.2, 0.25) is 0 Å². The minimum Gasteiger partial charge on any atom is -0.297 e. The van der Waals surface area contributed by atoms with Gasteiger partial charge in [-0.05, 0) is 62.3 Å². The van der Waals surface area contributed by atoms with Crippen molar-refractivity contribution in [1.29, 1.82) is 0 Å². The van der Waals surface area contributed by atoms with E-state index < -0.39 is 10.0 Å². The Balaban J connectivity index is 1.39. The average Bonchev–Trinajstić information content (AvgIpc) is 3.24. The largest absolute Gasteiger partial charge is 0.297 e. The third kappa shape index (κ3) is 4.62. The predicted octanol–water partition coefficient (Wildman–Crippen LogP) is 4.60. The molecule has 1 saturated carbocycles. The van der Waals surface area contributed by atoms with E-state index in [9.17, 15) is 8.42 Å². The summed E-state index contributed by atoms with van der Waals surface area (Å²) in [6, 6.07) is 7.55. The van der Waals surface area contributed by atoms with Crippen molar-refractivity contribution >= 4 is 10.0 Å². The molecule has 1 saturated heterocycles. The molecule has 1 aliphatic heterocycles. The molecule has 0 spiro atoms. The van der Waals surface area contributed by atoms with E-state index in [0.717, 1.165) is 30.4 Å². The second kappa shape index (κ2) is 8.91. The molecule has 1 heterocycles. The highest BCUT2D eigenvalue weighted by molar-refractivity contribution is 7.89. The Morgan fingerprint density at radius 3 is 2.52 bits per heavy atom. The van der Waals surface area contributed by atoms with Crippen molar-refractivity contribution in [2.75, 3.05) is 20.1 Å². The molecule has 29 heavy (non-hydrogen) atoms. The number of piperidine rings is 1. The molecule has 1 unspecified atom stereocenters. The Labute approximate surface area is 177 Å². The highest BCUT2D eigenvalue weighted by atomic mass is 32.2. The van der Waals surface area contributed by atoms with Gasteiger partial charge in [-0.2, -0.15) is 4.31 Å². The molecule has 0 bridgehead atoms. The van der Waals surface area contributed by atoms with E-state index in [2.05, 4.69) is 17.1 Å². The van der Waals surface area contributed by atoms with Gasteiger partial charge in [0.15, 0.2) is 0 Å². The zero-order valence-electron chi connectivity index (χ0n) is 18.0. The van der Waals surface area contributed by atoms with Gasteiger partial charge in [0.2, 0.25) is 10.0 Å². The van der Waals surface area contributed by atoms with E-state index in [4.69, 9.17) is 0 Å². The molecule has 3 atom stereocenters. The van der Waals surface area contributed by atoms with Crippen molar-refractivity contribution < 1.29 is 8.42 Å². The number of rotatable bonds is 5. The maximum Gasteiger partial charge on any atom is 0.243 e. The third-order valence-corrected chi connectivity index (χ3v) is 9.33. The van der Waals surface area contributed by atoms with Crippen molar-refractivity contribution in [3.63, 3.8) is 0 Å². The Hall–Kier alpha value is -1.17. The second-order valence-electron chi connectivity index (χ2n) is 9.39. The predicted molar refractivity (Wildman–Crippen MR) is 118 cm³/mol. The van der Waals surface area contributed by atoms with Crippen LogP contribution in [0.25, 0.3) is 0 Å². The summed E-state index contributed by atoms with van der Waals surface area (Å²) in [7, 11) is -1.73. The smallest absolute Gasteiger partial charge is 0.243 e. The molecular formula is C24H36N2O2S. The summed E-state index contributed by atoms with van der Waals surface area (Å²) in [5, 5.41) is 0. The van der Waals surface area contributed by atoms with E-state index in [1.165, 1.54) is 51.5 Å². The Kier molecular flexibility index (Phi) is 6.47. The van der Waals surface area contributed by atoms with Crippen LogP contribution in [0, 0.1) is 18.8 Å². The summed E-state index contributed by atoms with van der Waals surface area (Å²) in [5.41, 5.74) is 0.974. The molecule has 1 aromatic rings. The zero-order chi connectivity index (χ0) is 20.4. The van der Waals surface area contributed by atoms with Gasteiger partial charge in [-0.15, -0.1) is 0 Å². The quantitative estimate of drug-likeness (QED) is 0.659. The molecule has 160 valence electrons. The summed E-state index contributed by atoms with van der Waals surface area (Å²) in [5.74, 6) is 1.75. The Morgan fingerprint density at radius 1 is 1.00 bits per heavy atom. The van der Waals surface area contributed by atoms with Crippen LogP contribution < -0.4 is 0 Å². The number of likely N-dealkylation sites (tertiary alicyclic amines) is 1. The number of likely N-dealkylation sites (N-methyl/N-ethyl adjacent to an activating group) is 1. The van der Waals surface area contributed by atoms with Gasteiger partial charge in [-0.3, -0.25) is 4.90 Å². The van der Waals surface area contributed by atoms with Crippen molar-refractivity contribution in [2.24, 2.45) is 11.8 Å². The highest BCUT2D eigenvalue weighted by Crippen LogP contribution is 2.36. The lowest BCUT2D eigenvalue weighted by atomic mass is 9.76. The molecule has 4 rings (SSSR count). The van der Waals surface area contributed by atoms with Gasteiger partial charge < -0.3 is 0 Å². The summed E-state index contributed by atoms with van der Waals surface area (Å²) in [6.45, 7) is 4.28. The molecule has 0 radical (unpaired) electrons. The first-order chi connectivity index (χ1) is 13.9. The molecule has 2 aliphatic carbocycles. The monoisotopic (exact) mass is 416 g/mol. The summed E-state index contributed by atoms with van der Waals surface area (Å²) < 4.78 is 27.8. The van der Waals surface area contributed by atoms with Crippen LogP contribution in [0.1, 0.15) is 56.9 Å². The summed E-state index contributed by atoms with van der Waals surface area (Å²) in [6.07, 6.45) is 15.0. The number of sulfonamides is 1. The van der Waals surface area contributed by atoms with Crippen LogP contribution in [0.5, 0.6) is 0 Å². The summed E-state index contributed by atoms with van der Waals surface area (Å²) >= 11 is 0. The normalized spacial score (nSPS) is 29.6. The van der Waals surface area contributed by atoms with Crippen LogP contribution in [-0.2, 0) is 10.0 Å². The van der Waals surface area contributed by atoms with Gasteiger partial charge in [-0.1, -0.05) is 56.4 Å². The highest BCUT2D eigenvalue weighted by Gasteiger charge is 2.36. The van der Waals surface area contributed by atoms with Gasteiger partial charge in [0.05, 0.1) is 4.90 Å². The Bertz CT molecular complexity index is 829. The number of hydrogen-bond donors (Lipinski definition) is 0. The first kappa shape index (κ1) is 21.1. The minimum absolute atomic E-state index is 0.0550. The van der Waals surface area contributed by atoms with Crippen molar-refractivity contribution in [1.82, 2.24) is 9.21 Å². The van der Waals surface area contributed by atoms with E-state index in [0.29, 0.717) is 10.9 Å². The minimum atomic E-state index is -3.46. The van der Waals surface area contributed by atoms with Crippen LogP contribution in [-0.4, -0.2) is 49.8 Å². The van der Waals surface area contributed by atoms with Crippen LogP contribution in [0.15, 0.2) is 41.3 Å². The number of aryl methyl sites for hydroxylation is 1. The molecule has 5 heteroatoms. The molecule has 2 fully saturated rings. The van der Waals surface area contributed by atoms with E-state index >= 15 is 0 Å². The van der Waals surface area contributed by atoms with Gasteiger partial charge >= 0.3 is 0 Å². The first-order valence-electron chi connectivity index (χ1n) is 11.4. The van der Waals surface area contributed by atoms with Crippen LogP contribution in [0.3, 0.4) is 0 Å². The molecule has 0 aromatic heterocycles. The van der Waals surface area contributed by atoms with Gasteiger partial charge in [0.1, 0.15) is 0 Å². The molecule has 0 N–H and O–H groups in total. The number of benzene rings is 1. The number of hydrogen-bond acceptors (Lipinski definition) is 3. The van der Waals surface area contributed by atoms with Crippen LogP contribution in [0.4, 0.5) is 0 Å². The summed E-state index contributed by atoms with van der Waals surface area (Å²) in [4.78, 5) is 3.03. The lowest BCUT2D eigenvalue weighted by molar-refractivity contribution is 0.0923. The maximum atomic E-state index is 13.1. The molecular weight excluding hydrogens is 380 g/mol. The van der Waals surface area contributed by atoms with Gasteiger partial charge in [-0.25, -0.2) is 8.42 Å². The fourth-order valence-electron chi connectivity index (χ4n) is 5.65. The first-order valence-corrected chi connectivity index (χ1v) is 12.9. The molecule has 1 aromatic carbocycles. The lowest BCUT2D eigenvalue weighted by Gasteiger charge is -2.41. The Morgan fingerprint density at radius 2 is 1.76 bits per heavy atom. The molecule has 3 aliphatic rings. The fraction of sp³-hybridized carbons (Fsp3) is 0.667. The van der Waals surface area contributed by atoms with E-state index in [-0.39, 0.29) is 6.04 Å². The van der Waals surface area contributed by atoms with Gasteiger partial charge in [0.25, 0.3) is 0 Å². The lowest BCUT2D eigenvalue weighted by Crippen LogP contribution is -2.45. The number of nitrogens with zero attached hydrogens (tertiary/aromatic N) is 2. The van der Waals surface area contributed by atoms with Crippen molar-refractivity contribution in [3.05, 3.63) is 42.0 Å². The van der Waals surface area contributed by atoms with Crippen LogP contribution >= 0.6 is 0 Å².